The molecule has 14 heavy (non-hydrogen) atoms. The molecule has 2 unspecified atom stereocenters. The zero-order chi connectivity index (χ0) is 9.97. The van der Waals surface area contributed by atoms with E-state index in [9.17, 15) is 4.39 Å². The van der Waals surface area contributed by atoms with Gasteiger partial charge in [0.2, 0.25) is 0 Å². The molecular weight excluding hydrogens is 181 g/mol. The zero-order valence-electron chi connectivity index (χ0n) is 8.16. The van der Waals surface area contributed by atoms with Crippen LogP contribution in [0.15, 0.2) is 24.3 Å². The van der Waals surface area contributed by atoms with Crippen LogP contribution in [0.2, 0.25) is 0 Å². The third kappa shape index (κ3) is 1.79. The first-order chi connectivity index (χ1) is 6.81. The Morgan fingerprint density at radius 2 is 2.21 bits per heavy atom. The van der Waals surface area contributed by atoms with Gasteiger partial charge in [-0.25, -0.2) is 4.39 Å². The van der Waals surface area contributed by atoms with E-state index in [-0.39, 0.29) is 18.0 Å². The standard InChI is InChI=1S/C11H14FNO/c1-14-8-6-11(13-7-8)9-4-2-3-5-10(9)12/h2-5,8,11,13H,6-7H2,1H3. The minimum absolute atomic E-state index is 0.0983. The van der Waals surface area contributed by atoms with Crippen LogP contribution in [0.1, 0.15) is 18.0 Å². The fourth-order valence-electron chi connectivity index (χ4n) is 1.88. The molecule has 2 atom stereocenters. The highest BCUT2D eigenvalue weighted by molar-refractivity contribution is 5.22. The molecule has 0 aliphatic carbocycles. The van der Waals surface area contributed by atoms with E-state index in [1.165, 1.54) is 6.07 Å². The Balaban J connectivity index is 2.13. The van der Waals surface area contributed by atoms with E-state index < -0.39 is 0 Å². The molecule has 1 aliphatic heterocycles. The first kappa shape index (κ1) is 9.62. The minimum atomic E-state index is -0.137. The van der Waals surface area contributed by atoms with Gasteiger partial charge in [-0.1, -0.05) is 18.2 Å². The van der Waals surface area contributed by atoms with Crippen molar-refractivity contribution < 1.29 is 9.13 Å². The molecule has 1 aromatic carbocycles. The van der Waals surface area contributed by atoms with Gasteiger partial charge in [0.1, 0.15) is 5.82 Å². The summed E-state index contributed by atoms with van der Waals surface area (Å²) in [5.74, 6) is -0.137. The predicted octanol–water partition coefficient (Wildman–Crippen LogP) is 1.88. The van der Waals surface area contributed by atoms with Gasteiger partial charge in [-0.05, 0) is 12.5 Å². The average Bonchev–Trinajstić information content (AvgIpc) is 2.67. The highest BCUT2D eigenvalue weighted by Gasteiger charge is 2.26. The van der Waals surface area contributed by atoms with Gasteiger partial charge in [0, 0.05) is 25.3 Å². The number of hydrogen-bond donors (Lipinski definition) is 1. The summed E-state index contributed by atoms with van der Waals surface area (Å²) in [7, 11) is 1.69. The number of rotatable bonds is 2. The van der Waals surface area contributed by atoms with Crippen molar-refractivity contribution in [3.8, 4) is 0 Å². The van der Waals surface area contributed by atoms with Crippen molar-refractivity contribution in [2.75, 3.05) is 13.7 Å². The number of halogens is 1. The van der Waals surface area contributed by atoms with Gasteiger partial charge in [0.25, 0.3) is 0 Å². The Morgan fingerprint density at radius 1 is 1.43 bits per heavy atom. The second-order valence-corrected chi connectivity index (χ2v) is 3.58. The minimum Gasteiger partial charge on any atom is -0.380 e. The van der Waals surface area contributed by atoms with Gasteiger partial charge in [-0.3, -0.25) is 0 Å². The third-order valence-electron chi connectivity index (χ3n) is 2.70. The fraction of sp³-hybridized carbons (Fsp3) is 0.455. The van der Waals surface area contributed by atoms with Gasteiger partial charge in [0.05, 0.1) is 6.10 Å². The molecular formula is C11H14FNO. The van der Waals surface area contributed by atoms with Crippen LogP contribution in [-0.4, -0.2) is 19.8 Å². The van der Waals surface area contributed by atoms with Crippen LogP contribution in [0.5, 0.6) is 0 Å². The largest absolute Gasteiger partial charge is 0.380 e. The Bertz CT molecular complexity index is 316. The molecule has 1 heterocycles. The molecule has 1 aromatic rings. The molecule has 2 rings (SSSR count). The van der Waals surface area contributed by atoms with Crippen molar-refractivity contribution in [3.63, 3.8) is 0 Å². The number of methoxy groups -OCH3 is 1. The predicted molar refractivity (Wildman–Crippen MR) is 52.6 cm³/mol. The lowest BCUT2D eigenvalue weighted by Gasteiger charge is -2.11. The molecule has 0 aromatic heterocycles. The lowest BCUT2D eigenvalue weighted by Crippen LogP contribution is -2.16. The quantitative estimate of drug-likeness (QED) is 0.778. The number of ether oxygens (including phenoxy) is 1. The summed E-state index contributed by atoms with van der Waals surface area (Å²) in [4.78, 5) is 0. The van der Waals surface area contributed by atoms with E-state index in [4.69, 9.17) is 4.74 Å². The molecule has 3 heteroatoms. The lowest BCUT2D eigenvalue weighted by atomic mass is 10.0. The lowest BCUT2D eigenvalue weighted by molar-refractivity contribution is 0.117. The Hall–Kier alpha value is -0.930. The summed E-state index contributed by atoms with van der Waals surface area (Å²) in [6.07, 6.45) is 1.05. The maximum atomic E-state index is 13.4. The Kier molecular flexibility index (Phi) is 2.79. The van der Waals surface area contributed by atoms with Crippen molar-refractivity contribution >= 4 is 0 Å². The van der Waals surface area contributed by atoms with Gasteiger partial charge in [-0.15, -0.1) is 0 Å². The van der Waals surface area contributed by atoms with Gasteiger partial charge in [0.15, 0.2) is 0 Å². The normalized spacial score (nSPS) is 26.7. The topological polar surface area (TPSA) is 21.3 Å². The van der Waals surface area contributed by atoms with Crippen molar-refractivity contribution in [1.82, 2.24) is 5.32 Å². The first-order valence-electron chi connectivity index (χ1n) is 4.82. The van der Waals surface area contributed by atoms with Crippen LogP contribution in [0.4, 0.5) is 4.39 Å². The second-order valence-electron chi connectivity index (χ2n) is 3.58. The van der Waals surface area contributed by atoms with Crippen molar-refractivity contribution in [3.05, 3.63) is 35.6 Å². The van der Waals surface area contributed by atoms with Crippen LogP contribution in [0.3, 0.4) is 0 Å². The molecule has 1 N–H and O–H groups in total. The molecule has 0 amide bonds. The summed E-state index contributed by atoms with van der Waals surface area (Å²) in [5, 5.41) is 3.25. The fourth-order valence-corrected chi connectivity index (χ4v) is 1.88. The molecule has 0 bridgehead atoms. The monoisotopic (exact) mass is 195 g/mol. The third-order valence-corrected chi connectivity index (χ3v) is 2.70. The Labute approximate surface area is 83.1 Å². The number of nitrogens with one attached hydrogen (secondary N) is 1. The van der Waals surface area contributed by atoms with E-state index in [0.29, 0.717) is 0 Å². The molecule has 2 nitrogen and oxygen atoms in total. The smallest absolute Gasteiger partial charge is 0.127 e. The van der Waals surface area contributed by atoms with E-state index >= 15 is 0 Å². The average molecular weight is 195 g/mol. The van der Waals surface area contributed by atoms with Crippen molar-refractivity contribution in [1.29, 1.82) is 0 Å². The number of hydrogen-bond acceptors (Lipinski definition) is 2. The van der Waals surface area contributed by atoms with Gasteiger partial charge >= 0.3 is 0 Å². The Morgan fingerprint density at radius 3 is 2.86 bits per heavy atom. The molecule has 0 saturated carbocycles. The second kappa shape index (κ2) is 4.07. The van der Waals surface area contributed by atoms with Crippen LogP contribution in [-0.2, 0) is 4.74 Å². The maximum Gasteiger partial charge on any atom is 0.127 e. The van der Waals surface area contributed by atoms with E-state index in [0.717, 1.165) is 18.5 Å². The highest BCUT2D eigenvalue weighted by Crippen LogP contribution is 2.26. The van der Waals surface area contributed by atoms with Crippen molar-refractivity contribution in [2.45, 2.75) is 18.6 Å². The number of benzene rings is 1. The highest BCUT2D eigenvalue weighted by atomic mass is 19.1. The first-order valence-corrected chi connectivity index (χ1v) is 4.82. The van der Waals surface area contributed by atoms with E-state index in [2.05, 4.69) is 5.32 Å². The summed E-state index contributed by atoms with van der Waals surface area (Å²) in [6.45, 7) is 0.801. The van der Waals surface area contributed by atoms with Crippen LogP contribution < -0.4 is 5.32 Å². The molecule has 1 fully saturated rings. The molecule has 76 valence electrons. The maximum absolute atomic E-state index is 13.4. The van der Waals surface area contributed by atoms with Gasteiger partial charge in [-0.2, -0.15) is 0 Å². The summed E-state index contributed by atoms with van der Waals surface area (Å²) in [6, 6.07) is 6.99. The van der Waals surface area contributed by atoms with E-state index in [1.807, 2.05) is 12.1 Å². The van der Waals surface area contributed by atoms with Crippen LogP contribution in [0, 0.1) is 5.82 Å². The van der Waals surface area contributed by atoms with Crippen LogP contribution in [0.25, 0.3) is 0 Å². The molecule has 1 saturated heterocycles. The summed E-state index contributed by atoms with van der Waals surface area (Å²) >= 11 is 0. The van der Waals surface area contributed by atoms with E-state index in [1.54, 1.807) is 13.2 Å². The zero-order valence-corrected chi connectivity index (χ0v) is 8.16. The summed E-state index contributed by atoms with van der Waals surface area (Å²) < 4.78 is 18.6. The SMILES string of the molecule is COC1CNC(c2ccccc2F)C1. The molecule has 0 radical (unpaired) electrons. The summed E-state index contributed by atoms with van der Waals surface area (Å²) in [5.41, 5.74) is 0.743. The van der Waals surface area contributed by atoms with Crippen LogP contribution >= 0.6 is 0 Å². The van der Waals surface area contributed by atoms with Crippen molar-refractivity contribution in [2.24, 2.45) is 0 Å². The molecule has 0 spiro atoms. The van der Waals surface area contributed by atoms with Gasteiger partial charge < -0.3 is 10.1 Å². The molecule has 1 aliphatic rings.